The van der Waals surface area contributed by atoms with E-state index in [1.807, 2.05) is 6.92 Å². The van der Waals surface area contributed by atoms with Crippen molar-refractivity contribution in [2.24, 2.45) is 5.41 Å². The van der Waals surface area contributed by atoms with Crippen LogP contribution >= 0.6 is 0 Å². The summed E-state index contributed by atoms with van der Waals surface area (Å²) in [5.41, 5.74) is 0.446. The standard InChI is InChI=1S/C11H20N4O/c1-4-12-8(2)9-14-15-10(16-9)13-7-11(3)5-6-11/h8,12H,4-7H2,1-3H3,(H,13,15). The van der Waals surface area contributed by atoms with Gasteiger partial charge in [-0.3, -0.25) is 0 Å². The molecule has 0 aromatic carbocycles. The second-order valence-corrected chi connectivity index (χ2v) is 4.89. The minimum atomic E-state index is 0.115. The van der Waals surface area contributed by atoms with Crippen LogP contribution in [0.3, 0.4) is 0 Å². The third kappa shape index (κ3) is 2.72. The first-order valence-electron chi connectivity index (χ1n) is 5.94. The molecule has 2 N–H and O–H groups in total. The summed E-state index contributed by atoms with van der Waals surface area (Å²) >= 11 is 0. The lowest BCUT2D eigenvalue weighted by atomic mass is 10.1. The van der Waals surface area contributed by atoms with E-state index in [-0.39, 0.29) is 6.04 Å². The average Bonchev–Trinajstić information content (AvgIpc) is 2.82. The molecular weight excluding hydrogens is 204 g/mol. The van der Waals surface area contributed by atoms with Crippen molar-refractivity contribution in [2.45, 2.75) is 39.7 Å². The molecule has 1 aromatic heterocycles. The van der Waals surface area contributed by atoms with Crippen molar-refractivity contribution in [3.8, 4) is 0 Å². The van der Waals surface area contributed by atoms with Gasteiger partial charge in [0.2, 0.25) is 5.89 Å². The zero-order chi connectivity index (χ0) is 11.6. The molecule has 0 saturated heterocycles. The molecule has 1 aromatic rings. The molecule has 16 heavy (non-hydrogen) atoms. The highest BCUT2D eigenvalue weighted by atomic mass is 16.4. The van der Waals surface area contributed by atoms with Crippen LogP contribution in [0, 0.1) is 5.41 Å². The highest BCUT2D eigenvalue weighted by Gasteiger charge is 2.37. The first kappa shape index (κ1) is 11.4. The van der Waals surface area contributed by atoms with Crippen LogP contribution in [0.2, 0.25) is 0 Å². The van der Waals surface area contributed by atoms with Gasteiger partial charge in [-0.2, -0.15) is 0 Å². The minimum Gasteiger partial charge on any atom is -0.406 e. The van der Waals surface area contributed by atoms with Crippen LogP contribution in [-0.2, 0) is 0 Å². The number of nitrogens with one attached hydrogen (secondary N) is 2. The minimum absolute atomic E-state index is 0.115. The zero-order valence-corrected chi connectivity index (χ0v) is 10.2. The van der Waals surface area contributed by atoms with Gasteiger partial charge in [-0.25, -0.2) is 0 Å². The Morgan fingerprint density at radius 2 is 2.19 bits per heavy atom. The molecule has 1 fully saturated rings. The van der Waals surface area contributed by atoms with E-state index in [2.05, 4.69) is 34.7 Å². The average molecular weight is 224 g/mol. The Kier molecular flexibility index (Phi) is 3.14. The van der Waals surface area contributed by atoms with E-state index in [0.29, 0.717) is 17.3 Å². The lowest BCUT2D eigenvalue weighted by Gasteiger charge is -2.08. The maximum atomic E-state index is 5.53. The number of anilines is 1. The van der Waals surface area contributed by atoms with Gasteiger partial charge >= 0.3 is 6.01 Å². The molecule has 0 radical (unpaired) electrons. The van der Waals surface area contributed by atoms with Crippen molar-refractivity contribution in [1.29, 1.82) is 0 Å². The summed E-state index contributed by atoms with van der Waals surface area (Å²) in [6, 6.07) is 0.650. The molecule has 1 heterocycles. The monoisotopic (exact) mass is 224 g/mol. The van der Waals surface area contributed by atoms with Crippen molar-refractivity contribution in [3.05, 3.63) is 5.89 Å². The SMILES string of the molecule is CCNC(C)c1nnc(NCC2(C)CC2)o1. The van der Waals surface area contributed by atoms with E-state index in [0.717, 1.165) is 13.1 Å². The second kappa shape index (κ2) is 4.41. The molecule has 0 spiro atoms. The molecule has 1 aliphatic carbocycles. The Bertz CT molecular complexity index is 346. The number of nitrogens with zero attached hydrogens (tertiary/aromatic N) is 2. The maximum Gasteiger partial charge on any atom is 0.315 e. The third-order valence-electron chi connectivity index (χ3n) is 3.09. The largest absolute Gasteiger partial charge is 0.406 e. The molecular formula is C11H20N4O. The second-order valence-electron chi connectivity index (χ2n) is 4.89. The Morgan fingerprint density at radius 1 is 1.44 bits per heavy atom. The molecule has 1 unspecified atom stereocenters. The highest BCUT2D eigenvalue weighted by Crippen LogP contribution is 2.44. The lowest BCUT2D eigenvalue weighted by molar-refractivity contribution is 0.426. The van der Waals surface area contributed by atoms with Crippen LogP contribution in [0.25, 0.3) is 0 Å². The smallest absolute Gasteiger partial charge is 0.315 e. The van der Waals surface area contributed by atoms with E-state index in [9.17, 15) is 0 Å². The molecule has 0 bridgehead atoms. The van der Waals surface area contributed by atoms with Gasteiger partial charge in [-0.05, 0) is 31.7 Å². The fourth-order valence-electron chi connectivity index (χ4n) is 1.55. The Morgan fingerprint density at radius 3 is 2.81 bits per heavy atom. The summed E-state index contributed by atoms with van der Waals surface area (Å²) < 4.78 is 5.53. The number of rotatable bonds is 6. The van der Waals surface area contributed by atoms with Crippen LogP contribution in [0.1, 0.15) is 45.5 Å². The van der Waals surface area contributed by atoms with Gasteiger partial charge in [0, 0.05) is 6.54 Å². The predicted octanol–water partition coefficient (Wildman–Crippen LogP) is 1.95. The molecule has 5 heteroatoms. The van der Waals surface area contributed by atoms with Gasteiger partial charge in [0.25, 0.3) is 0 Å². The summed E-state index contributed by atoms with van der Waals surface area (Å²) in [6.45, 7) is 8.15. The zero-order valence-electron chi connectivity index (χ0n) is 10.2. The number of hydrogen-bond acceptors (Lipinski definition) is 5. The Labute approximate surface area is 96.0 Å². The van der Waals surface area contributed by atoms with E-state index >= 15 is 0 Å². The van der Waals surface area contributed by atoms with Gasteiger partial charge in [0.05, 0.1) is 6.04 Å². The molecule has 0 aliphatic heterocycles. The molecule has 0 amide bonds. The third-order valence-corrected chi connectivity index (χ3v) is 3.09. The molecule has 1 aliphatic rings. The highest BCUT2D eigenvalue weighted by molar-refractivity contribution is 5.19. The van der Waals surface area contributed by atoms with Gasteiger partial charge < -0.3 is 15.1 Å². The molecule has 1 saturated carbocycles. The Balaban J connectivity index is 1.86. The van der Waals surface area contributed by atoms with Crippen molar-refractivity contribution >= 4 is 6.01 Å². The van der Waals surface area contributed by atoms with E-state index in [1.54, 1.807) is 0 Å². The number of aromatic nitrogens is 2. The summed E-state index contributed by atoms with van der Waals surface area (Å²) in [5, 5.41) is 14.4. The van der Waals surface area contributed by atoms with Crippen LogP contribution in [0.5, 0.6) is 0 Å². The summed E-state index contributed by atoms with van der Waals surface area (Å²) in [4.78, 5) is 0. The fraction of sp³-hybridized carbons (Fsp3) is 0.818. The number of hydrogen-bond donors (Lipinski definition) is 2. The summed E-state index contributed by atoms with van der Waals surface area (Å²) in [5.74, 6) is 0.644. The fourth-order valence-corrected chi connectivity index (χ4v) is 1.55. The van der Waals surface area contributed by atoms with Crippen LogP contribution < -0.4 is 10.6 Å². The van der Waals surface area contributed by atoms with Crippen molar-refractivity contribution in [1.82, 2.24) is 15.5 Å². The molecule has 5 nitrogen and oxygen atoms in total. The molecule has 1 atom stereocenters. The topological polar surface area (TPSA) is 63.0 Å². The molecule has 2 rings (SSSR count). The normalized spacial score (nSPS) is 19.4. The predicted molar refractivity (Wildman–Crippen MR) is 62.2 cm³/mol. The van der Waals surface area contributed by atoms with E-state index in [4.69, 9.17) is 4.42 Å². The quantitative estimate of drug-likeness (QED) is 0.773. The summed E-state index contributed by atoms with van der Waals surface area (Å²) in [7, 11) is 0. The van der Waals surface area contributed by atoms with Crippen LogP contribution in [0.4, 0.5) is 6.01 Å². The van der Waals surface area contributed by atoms with Gasteiger partial charge in [-0.1, -0.05) is 18.9 Å². The first-order chi connectivity index (χ1) is 7.63. The van der Waals surface area contributed by atoms with Crippen molar-refractivity contribution in [3.63, 3.8) is 0 Å². The van der Waals surface area contributed by atoms with Gasteiger partial charge in [0.1, 0.15) is 0 Å². The van der Waals surface area contributed by atoms with Crippen LogP contribution in [-0.4, -0.2) is 23.3 Å². The maximum absolute atomic E-state index is 5.53. The van der Waals surface area contributed by atoms with Crippen molar-refractivity contribution < 1.29 is 4.42 Å². The first-order valence-corrected chi connectivity index (χ1v) is 5.94. The van der Waals surface area contributed by atoms with Gasteiger partial charge in [0.15, 0.2) is 0 Å². The Hall–Kier alpha value is -1.10. The molecule has 90 valence electrons. The van der Waals surface area contributed by atoms with E-state index in [1.165, 1.54) is 12.8 Å². The summed E-state index contributed by atoms with van der Waals surface area (Å²) in [6.07, 6.45) is 2.57. The lowest BCUT2D eigenvalue weighted by Crippen LogP contribution is -2.17. The van der Waals surface area contributed by atoms with Crippen LogP contribution in [0.15, 0.2) is 4.42 Å². The van der Waals surface area contributed by atoms with E-state index < -0.39 is 0 Å². The van der Waals surface area contributed by atoms with Gasteiger partial charge in [-0.15, -0.1) is 5.10 Å². The van der Waals surface area contributed by atoms with Crippen molar-refractivity contribution in [2.75, 3.05) is 18.4 Å².